The third-order valence-electron chi connectivity index (χ3n) is 1.48. The van der Waals surface area contributed by atoms with Crippen LogP contribution in [0.25, 0.3) is 0 Å². The number of aliphatic hydroxyl groups is 2. The molecule has 5 nitrogen and oxygen atoms in total. The summed E-state index contributed by atoms with van der Waals surface area (Å²) in [6.45, 7) is 6.14. The van der Waals surface area contributed by atoms with E-state index in [1.807, 2.05) is 13.8 Å². The molecule has 0 saturated heterocycles. The second-order valence-electron chi connectivity index (χ2n) is 3.50. The van der Waals surface area contributed by atoms with E-state index in [0.29, 0.717) is 18.3 Å². The Morgan fingerprint density at radius 2 is 2.14 bits per heavy atom. The summed E-state index contributed by atoms with van der Waals surface area (Å²) in [6, 6.07) is 0.340. The minimum absolute atomic E-state index is 0.125. The van der Waals surface area contributed by atoms with Crippen LogP contribution in [0.5, 0.6) is 0 Å². The number of hydrogen-bond acceptors (Lipinski definition) is 5. The van der Waals surface area contributed by atoms with Crippen LogP contribution < -0.4 is 5.32 Å². The van der Waals surface area contributed by atoms with Crippen molar-refractivity contribution in [2.45, 2.75) is 32.9 Å². The first-order valence-corrected chi connectivity index (χ1v) is 4.74. The summed E-state index contributed by atoms with van der Waals surface area (Å²) in [5, 5.41) is 24.6. The fraction of sp³-hybridized carbons (Fsp3) is 0.889. The monoisotopic (exact) mass is 204 g/mol. The maximum atomic E-state index is 9.36. The average Bonchev–Trinajstić information content (AvgIpc) is 2.14. The molecule has 0 aliphatic rings. The standard InChI is InChI=1S/C9H20N2O3/c1-7(2)10-4-9(13)6-14-11-8(3)5-12/h7,9-10,12-13H,4-6H2,1-3H3/b11-8+. The molecule has 3 N–H and O–H groups in total. The molecule has 0 saturated carbocycles. The second kappa shape index (κ2) is 7.73. The molecule has 0 heterocycles. The molecule has 84 valence electrons. The number of hydrogen-bond donors (Lipinski definition) is 3. The van der Waals surface area contributed by atoms with Gasteiger partial charge in [0.1, 0.15) is 12.7 Å². The molecule has 0 spiro atoms. The van der Waals surface area contributed by atoms with Gasteiger partial charge in [-0.3, -0.25) is 0 Å². The van der Waals surface area contributed by atoms with Crippen LogP contribution in [0.4, 0.5) is 0 Å². The van der Waals surface area contributed by atoms with Gasteiger partial charge in [0.2, 0.25) is 0 Å². The molecule has 14 heavy (non-hydrogen) atoms. The predicted octanol–water partition coefficient (Wildman–Crippen LogP) is -0.270. The first-order valence-electron chi connectivity index (χ1n) is 4.74. The zero-order valence-corrected chi connectivity index (χ0v) is 9.03. The average molecular weight is 204 g/mol. The van der Waals surface area contributed by atoms with Gasteiger partial charge in [-0.05, 0) is 6.92 Å². The zero-order chi connectivity index (χ0) is 11.0. The smallest absolute Gasteiger partial charge is 0.144 e. The van der Waals surface area contributed by atoms with Gasteiger partial charge in [0, 0.05) is 12.6 Å². The van der Waals surface area contributed by atoms with Crippen molar-refractivity contribution in [2.75, 3.05) is 19.8 Å². The summed E-state index contributed by atoms with van der Waals surface area (Å²) in [6.07, 6.45) is -0.576. The molecule has 0 aromatic rings. The largest absolute Gasteiger partial charge is 0.393 e. The maximum Gasteiger partial charge on any atom is 0.144 e. The molecule has 1 atom stereocenters. The predicted molar refractivity (Wildman–Crippen MR) is 55.3 cm³/mol. The Labute approximate surface area is 84.8 Å². The Morgan fingerprint density at radius 3 is 2.64 bits per heavy atom. The molecule has 0 bridgehead atoms. The number of aliphatic hydroxyl groups excluding tert-OH is 2. The molecule has 0 aliphatic heterocycles. The van der Waals surface area contributed by atoms with Crippen molar-refractivity contribution < 1.29 is 15.1 Å². The lowest BCUT2D eigenvalue weighted by Crippen LogP contribution is -2.34. The zero-order valence-electron chi connectivity index (χ0n) is 9.03. The van der Waals surface area contributed by atoms with Crippen LogP contribution in [0, 0.1) is 0 Å². The fourth-order valence-corrected chi connectivity index (χ4v) is 0.693. The van der Waals surface area contributed by atoms with Gasteiger partial charge in [-0.25, -0.2) is 0 Å². The van der Waals surface area contributed by atoms with Gasteiger partial charge >= 0.3 is 0 Å². The van der Waals surface area contributed by atoms with Gasteiger partial charge in [0.05, 0.1) is 12.3 Å². The van der Waals surface area contributed by atoms with Gasteiger partial charge in [-0.15, -0.1) is 0 Å². The highest BCUT2D eigenvalue weighted by Gasteiger charge is 2.04. The van der Waals surface area contributed by atoms with Crippen molar-refractivity contribution in [3.63, 3.8) is 0 Å². The van der Waals surface area contributed by atoms with E-state index in [1.165, 1.54) is 0 Å². The van der Waals surface area contributed by atoms with Crippen molar-refractivity contribution in [2.24, 2.45) is 5.16 Å². The Kier molecular flexibility index (Phi) is 7.37. The maximum absolute atomic E-state index is 9.36. The highest BCUT2D eigenvalue weighted by molar-refractivity contribution is 5.82. The van der Waals surface area contributed by atoms with E-state index in [0.717, 1.165) is 0 Å². The number of rotatable bonds is 7. The summed E-state index contributed by atoms with van der Waals surface area (Å²) in [7, 11) is 0. The van der Waals surface area contributed by atoms with Gasteiger partial charge < -0.3 is 20.4 Å². The van der Waals surface area contributed by atoms with Crippen molar-refractivity contribution in [1.82, 2.24) is 5.32 Å². The molecule has 0 radical (unpaired) electrons. The molecule has 0 amide bonds. The highest BCUT2D eigenvalue weighted by Crippen LogP contribution is 1.87. The quantitative estimate of drug-likeness (QED) is 0.394. The summed E-state index contributed by atoms with van der Waals surface area (Å²) in [5.41, 5.74) is 0.494. The Hall–Kier alpha value is -0.650. The van der Waals surface area contributed by atoms with Gasteiger partial charge in [0.15, 0.2) is 0 Å². The normalized spacial score (nSPS) is 14.6. The molecule has 5 heteroatoms. The van der Waals surface area contributed by atoms with Crippen LogP contribution in [0.2, 0.25) is 0 Å². The first-order chi connectivity index (χ1) is 6.56. The summed E-state index contributed by atoms with van der Waals surface area (Å²) < 4.78 is 0. The third kappa shape index (κ3) is 7.97. The molecule has 0 aromatic heterocycles. The van der Waals surface area contributed by atoms with Crippen molar-refractivity contribution >= 4 is 5.71 Å². The fourth-order valence-electron chi connectivity index (χ4n) is 0.693. The molecule has 0 aliphatic carbocycles. The number of nitrogens with zero attached hydrogens (tertiary/aromatic N) is 1. The second-order valence-corrected chi connectivity index (χ2v) is 3.50. The van der Waals surface area contributed by atoms with Crippen LogP contribution in [0.1, 0.15) is 20.8 Å². The molecular weight excluding hydrogens is 184 g/mol. The number of oxime groups is 1. The van der Waals surface area contributed by atoms with Crippen molar-refractivity contribution in [3.8, 4) is 0 Å². The first kappa shape index (κ1) is 13.4. The lowest BCUT2D eigenvalue weighted by Gasteiger charge is -2.12. The van der Waals surface area contributed by atoms with E-state index in [1.54, 1.807) is 6.92 Å². The van der Waals surface area contributed by atoms with Crippen LogP contribution in [-0.2, 0) is 4.84 Å². The highest BCUT2D eigenvalue weighted by atomic mass is 16.6. The summed E-state index contributed by atoms with van der Waals surface area (Å²) in [5.74, 6) is 0. The van der Waals surface area contributed by atoms with Gasteiger partial charge in [-0.2, -0.15) is 0 Å². The van der Waals surface area contributed by atoms with Crippen molar-refractivity contribution in [1.29, 1.82) is 0 Å². The van der Waals surface area contributed by atoms with E-state index in [9.17, 15) is 5.11 Å². The van der Waals surface area contributed by atoms with Crippen LogP contribution in [-0.4, -0.2) is 47.8 Å². The van der Waals surface area contributed by atoms with Crippen LogP contribution >= 0.6 is 0 Å². The van der Waals surface area contributed by atoms with E-state index in [-0.39, 0.29) is 13.2 Å². The van der Waals surface area contributed by atoms with E-state index >= 15 is 0 Å². The molecule has 1 unspecified atom stereocenters. The molecule has 0 aromatic carbocycles. The Morgan fingerprint density at radius 1 is 1.50 bits per heavy atom. The minimum Gasteiger partial charge on any atom is -0.393 e. The number of nitrogens with one attached hydrogen (secondary N) is 1. The topological polar surface area (TPSA) is 74.1 Å². The summed E-state index contributed by atoms with van der Waals surface area (Å²) >= 11 is 0. The Bertz CT molecular complexity index is 171. The lowest BCUT2D eigenvalue weighted by molar-refractivity contribution is 0.0387. The van der Waals surface area contributed by atoms with Crippen LogP contribution in [0.15, 0.2) is 5.16 Å². The van der Waals surface area contributed by atoms with Crippen molar-refractivity contribution in [3.05, 3.63) is 0 Å². The minimum atomic E-state index is -0.576. The van der Waals surface area contributed by atoms with E-state index in [2.05, 4.69) is 10.5 Å². The molecule has 0 fully saturated rings. The SMILES string of the molecule is C/C(CO)=N\OCC(O)CNC(C)C. The van der Waals surface area contributed by atoms with E-state index in [4.69, 9.17) is 9.94 Å². The van der Waals surface area contributed by atoms with Crippen LogP contribution in [0.3, 0.4) is 0 Å². The molecular formula is C9H20N2O3. The lowest BCUT2D eigenvalue weighted by atomic mass is 10.3. The van der Waals surface area contributed by atoms with Gasteiger partial charge in [-0.1, -0.05) is 19.0 Å². The Balaban J connectivity index is 3.49. The van der Waals surface area contributed by atoms with E-state index < -0.39 is 6.10 Å². The third-order valence-corrected chi connectivity index (χ3v) is 1.48. The molecule has 0 rings (SSSR count). The summed E-state index contributed by atoms with van der Waals surface area (Å²) in [4.78, 5) is 4.82. The van der Waals surface area contributed by atoms with Gasteiger partial charge in [0.25, 0.3) is 0 Å².